The van der Waals surface area contributed by atoms with Crippen molar-refractivity contribution in [2.24, 2.45) is 0 Å². The molecule has 0 radical (unpaired) electrons. The minimum Gasteiger partial charge on any atom is -0.481 e. The van der Waals surface area contributed by atoms with E-state index in [1.807, 2.05) is 37.3 Å². The average Bonchev–Trinajstić information content (AvgIpc) is 2.45. The number of ether oxygens (including phenoxy) is 1. The van der Waals surface area contributed by atoms with E-state index < -0.39 is 11.9 Å². The van der Waals surface area contributed by atoms with Crippen molar-refractivity contribution in [2.75, 3.05) is 6.61 Å². The van der Waals surface area contributed by atoms with Gasteiger partial charge in [-0.25, -0.2) is 4.98 Å². The van der Waals surface area contributed by atoms with Crippen molar-refractivity contribution in [1.29, 1.82) is 0 Å². The summed E-state index contributed by atoms with van der Waals surface area (Å²) in [7, 11) is 0. The summed E-state index contributed by atoms with van der Waals surface area (Å²) in [6.07, 6.45) is 0.387. The molecule has 1 N–H and O–H groups in total. The van der Waals surface area contributed by atoms with Crippen molar-refractivity contribution in [3.63, 3.8) is 0 Å². The van der Waals surface area contributed by atoms with E-state index >= 15 is 0 Å². The van der Waals surface area contributed by atoms with Crippen LogP contribution in [0.4, 0.5) is 0 Å². The number of rotatable bonds is 6. The van der Waals surface area contributed by atoms with E-state index in [2.05, 4.69) is 9.97 Å². The van der Waals surface area contributed by atoms with Gasteiger partial charge in [0.15, 0.2) is 0 Å². The number of benzene rings is 1. The molecule has 0 saturated carbocycles. The molecule has 0 fully saturated rings. The van der Waals surface area contributed by atoms with Crippen molar-refractivity contribution < 1.29 is 14.6 Å². The predicted octanol–water partition coefficient (Wildman–Crippen LogP) is 2.59. The number of aliphatic carboxylic acids is 1. The highest BCUT2D eigenvalue weighted by Crippen LogP contribution is 2.22. The third-order valence-electron chi connectivity index (χ3n) is 3.06. The number of hydrogen-bond donors (Lipinski definition) is 1. The van der Waals surface area contributed by atoms with E-state index in [0.717, 1.165) is 5.56 Å². The van der Waals surface area contributed by atoms with E-state index in [-0.39, 0.29) is 0 Å². The Balaban J connectivity index is 2.32. The third kappa shape index (κ3) is 4.02. The zero-order chi connectivity index (χ0) is 15.2. The number of aryl methyl sites for hydroxylation is 1. The first kappa shape index (κ1) is 15.0. The minimum absolute atomic E-state index is 0.387. The molecule has 0 bridgehead atoms. The fourth-order valence-electron chi connectivity index (χ4n) is 2.13. The van der Waals surface area contributed by atoms with Crippen LogP contribution in [0.5, 0.6) is 5.88 Å². The fourth-order valence-corrected chi connectivity index (χ4v) is 2.13. The molecule has 5 nitrogen and oxygen atoms in total. The van der Waals surface area contributed by atoms with Crippen LogP contribution in [0.25, 0.3) is 0 Å². The van der Waals surface area contributed by atoms with Gasteiger partial charge < -0.3 is 9.84 Å². The largest absolute Gasteiger partial charge is 0.481 e. The summed E-state index contributed by atoms with van der Waals surface area (Å²) < 4.78 is 5.36. The number of nitrogens with zero attached hydrogens (tertiary/aromatic N) is 2. The number of carboxylic acids is 1. The monoisotopic (exact) mass is 286 g/mol. The number of hydrogen-bond acceptors (Lipinski definition) is 4. The molecule has 1 aromatic carbocycles. The molecule has 2 rings (SSSR count). The molecule has 21 heavy (non-hydrogen) atoms. The second-order valence-electron chi connectivity index (χ2n) is 4.69. The second-order valence-corrected chi connectivity index (χ2v) is 4.69. The Bertz CT molecular complexity index is 614. The maximum atomic E-state index is 11.6. The standard InChI is InChI=1S/C16H18N2O3/c1-3-21-15-10-14(17-11(2)18-15)13(16(19)20)9-12-7-5-4-6-8-12/h4-8,10,13H,3,9H2,1-2H3,(H,19,20). The maximum Gasteiger partial charge on any atom is 0.312 e. The highest BCUT2D eigenvalue weighted by Gasteiger charge is 2.23. The first-order chi connectivity index (χ1) is 10.1. The van der Waals surface area contributed by atoms with Gasteiger partial charge in [0.2, 0.25) is 5.88 Å². The smallest absolute Gasteiger partial charge is 0.312 e. The van der Waals surface area contributed by atoms with Gasteiger partial charge in [0.25, 0.3) is 0 Å². The lowest BCUT2D eigenvalue weighted by molar-refractivity contribution is -0.138. The number of carbonyl (C=O) groups is 1. The second kappa shape index (κ2) is 6.83. The summed E-state index contributed by atoms with van der Waals surface area (Å²) in [4.78, 5) is 20.0. The van der Waals surface area contributed by atoms with Gasteiger partial charge in [0.1, 0.15) is 11.7 Å². The molecular formula is C16H18N2O3. The molecule has 0 aliphatic rings. The Hall–Kier alpha value is -2.43. The van der Waals surface area contributed by atoms with Crippen LogP contribution in [0.1, 0.15) is 29.9 Å². The quantitative estimate of drug-likeness (QED) is 0.883. The van der Waals surface area contributed by atoms with E-state index in [4.69, 9.17) is 4.74 Å². The highest BCUT2D eigenvalue weighted by atomic mass is 16.5. The SMILES string of the molecule is CCOc1cc(C(Cc2ccccc2)C(=O)O)nc(C)n1. The molecule has 110 valence electrons. The lowest BCUT2D eigenvalue weighted by Crippen LogP contribution is -2.17. The topological polar surface area (TPSA) is 72.3 Å². The highest BCUT2D eigenvalue weighted by molar-refractivity contribution is 5.76. The molecule has 2 aromatic rings. The number of carboxylic acid groups (broad SMARTS) is 1. The molecule has 0 amide bonds. The van der Waals surface area contributed by atoms with Crippen molar-refractivity contribution in [2.45, 2.75) is 26.2 Å². The van der Waals surface area contributed by atoms with Crippen LogP contribution in [0.15, 0.2) is 36.4 Å². The summed E-state index contributed by atoms with van der Waals surface area (Å²) in [5.74, 6) is -0.692. The first-order valence-corrected chi connectivity index (χ1v) is 6.85. The average molecular weight is 286 g/mol. The van der Waals surface area contributed by atoms with Gasteiger partial charge in [-0.1, -0.05) is 30.3 Å². The van der Waals surface area contributed by atoms with Gasteiger partial charge in [-0.3, -0.25) is 4.79 Å². The van der Waals surface area contributed by atoms with Crippen LogP contribution in [0, 0.1) is 6.92 Å². The van der Waals surface area contributed by atoms with Gasteiger partial charge >= 0.3 is 5.97 Å². The van der Waals surface area contributed by atoms with E-state index in [0.29, 0.717) is 30.4 Å². The van der Waals surface area contributed by atoms with Gasteiger partial charge in [0, 0.05) is 6.07 Å². The van der Waals surface area contributed by atoms with Gasteiger partial charge in [-0.05, 0) is 25.8 Å². The third-order valence-corrected chi connectivity index (χ3v) is 3.06. The van der Waals surface area contributed by atoms with Crippen LogP contribution in [0.3, 0.4) is 0 Å². The van der Waals surface area contributed by atoms with Crippen LogP contribution < -0.4 is 4.74 Å². The Morgan fingerprint density at radius 3 is 2.62 bits per heavy atom. The predicted molar refractivity (Wildman–Crippen MR) is 78.5 cm³/mol. The van der Waals surface area contributed by atoms with Crippen molar-refractivity contribution >= 4 is 5.97 Å². The van der Waals surface area contributed by atoms with Crippen molar-refractivity contribution in [3.8, 4) is 5.88 Å². The molecule has 0 spiro atoms. The summed E-state index contributed by atoms with van der Waals surface area (Å²) >= 11 is 0. The molecule has 0 aliphatic heterocycles. The normalized spacial score (nSPS) is 11.9. The molecule has 1 atom stereocenters. The molecule has 0 aliphatic carbocycles. The summed E-state index contributed by atoms with van der Waals surface area (Å²) in [5, 5.41) is 9.50. The van der Waals surface area contributed by atoms with Crippen LogP contribution in [-0.2, 0) is 11.2 Å². The van der Waals surface area contributed by atoms with E-state index in [9.17, 15) is 9.90 Å². The first-order valence-electron chi connectivity index (χ1n) is 6.85. The van der Waals surface area contributed by atoms with Crippen LogP contribution in [0.2, 0.25) is 0 Å². The van der Waals surface area contributed by atoms with Crippen LogP contribution in [-0.4, -0.2) is 27.7 Å². The Kier molecular flexibility index (Phi) is 4.87. The Morgan fingerprint density at radius 2 is 2.00 bits per heavy atom. The summed E-state index contributed by atoms with van der Waals surface area (Å²) in [5.41, 5.74) is 1.43. The molecule has 1 unspecified atom stereocenters. The lowest BCUT2D eigenvalue weighted by atomic mass is 9.96. The van der Waals surface area contributed by atoms with E-state index in [1.165, 1.54) is 0 Å². The number of aromatic nitrogens is 2. The molecule has 5 heteroatoms. The zero-order valence-electron chi connectivity index (χ0n) is 12.1. The van der Waals surface area contributed by atoms with Gasteiger partial charge in [-0.15, -0.1) is 0 Å². The molecule has 1 heterocycles. The maximum absolute atomic E-state index is 11.6. The molecule has 1 aromatic heterocycles. The van der Waals surface area contributed by atoms with Gasteiger partial charge in [0.05, 0.1) is 12.3 Å². The Morgan fingerprint density at radius 1 is 1.29 bits per heavy atom. The summed E-state index contributed by atoms with van der Waals surface area (Å²) in [6.45, 7) is 4.07. The van der Waals surface area contributed by atoms with Crippen molar-refractivity contribution in [3.05, 3.63) is 53.5 Å². The Labute approximate surface area is 123 Å². The van der Waals surface area contributed by atoms with Crippen LogP contribution >= 0.6 is 0 Å². The minimum atomic E-state index is -0.903. The fraction of sp³-hybridized carbons (Fsp3) is 0.312. The van der Waals surface area contributed by atoms with Crippen molar-refractivity contribution in [1.82, 2.24) is 9.97 Å². The van der Waals surface area contributed by atoms with E-state index in [1.54, 1.807) is 13.0 Å². The lowest BCUT2D eigenvalue weighted by Gasteiger charge is -2.13. The van der Waals surface area contributed by atoms with Gasteiger partial charge in [-0.2, -0.15) is 4.98 Å². The molecular weight excluding hydrogens is 268 g/mol. The molecule has 0 saturated heterocycles. The zero-order valence-corrected chi connectivity index (χ0v) is 12.1. The summed E-state index contributed by atoms with van der Waals surface area (Å²) in [6, 6.07) is 11.1.